The lowest BCUT2D eigenvalue weighted by molar-refractivity contribution is -0.121. The SMILES string of the molecule is Cc1ccc2c(c1)NC(=O)C1(CCCC1)N2C(C)C. The van der Waals surface area contributed by atoms with Crippen LogP contribution in [-0.4, -0.2) is 17.5 Å². The molecule has 1 aromatic carbocycles. The van der Waals surface area contributed by atoms with E-state index in [0.717, 1.165) is 31.4 Å². The van der Waals surface area contributed by atoms with Crippen molar-refractivity contribution in [1.82, 2.24) is 0 Å². The average Bonchev–Trinajstić information content (AvgIpc) is 2.81. The Balaban J connectivity index is 2.15. The molecular weight excluding hydrogens is 236 g/mol. The number of aryl methyl sites for hydroxylation is 1. The molecule has 1 amide bonds. The number of anilines is 2. The summed E-state index contributed by atoms with van der Waals surface area (Å²) in [6.45, 7) is 6.43. The molecule has 0 bridgehead atoms. The van der Waals surface area contributed by atoms with E-state index < -0.39 is 0 Å². The highest BCUT2D eigenvalue weighted by Gasteiger charge is 2.50. The summed E-state index contributed by atoms with van der Waals surface area (Å²) < 4.78 is 0. The third-order valence-corrected chi connectivity index (χ3v) is 4.49. The van der Waals surface area contributed by atoms with Crippen LogP contribution in [0.5, 0.6) is 0 Å². The zero-order chi connectivity index (χ0) is 13.6. The molecule has 0 unspecified atom stereocenters. The van der Waals surface area contributed by atoms with Crippen molar-refractivity contribution in [3.05, 3.63) is 23.8 Å². The first-order valence-corrected chi connectivity index (χ1v) is 7.26. The van der Waals surface area contributed by atoms with Gasteiger partial charge in [0.15, 0.2) is 0 Å². The molecule has 3 rings (SSSR count). The van der Waals surface area contributed by atoms with Crippen molar-refractivity contribution in [2.75, 3.05) is 10.2 Å². The van der Waals surface area contributed by atoms with Crippen LogP contribution in [0.15, 0.2) is 18.2 Å². The third-order valence-electron chi connectivity index (χ3n) is 4.49. The Labute approximate surface area is 115 Å². The highest BCUT2D eigenvalue weighted by molar-refractivity contribution is 6.07. The maximum Gasteiger partial charge on any atom is 0.250 e. The highest BCUT2D eigenvalue weighted by atomic mass is 16.2. The normalized spacial score (nSPS) is 20.8. The summed E-state index contributed by atoms with van der Waals surface area (Å²) in [7, 11) is 0. The van der Waals surface area contributed by atoms with Gasteiger partial charge in [-0.05, 0) is 51.3 Å². The van der Waals surface area contributed by atoms with Gasteiger partial charge < -0.3 is 10.2 Å². The number of hydrogen-bond donors (Lipinski definition) is 1. The van der Waals surface area contributed by atoms with Crippen molar-refractivity contribution in [3.8, 4) is 0 Å². The largest absolute Gasteiger partial charge is 0.353 e. The number of amides is 1. The predicted molar refractivity (Wildman–Crippen MR) is 78.6 cm³/mol. The number of carbonyl (C=O) groups excluding carboxylic acids is 1. The summed E-state index contributed by atoms with van der Waals surface area (Å²) in [6.07, 6.45) is 4.25. The molecule has 1 heterocycles. The van der Waals surface area contributed by atoms with Crippen LogP contribution in [0, 0.1) is 6.92 Å². The maximum absolute atomic E-state index is 12.7. The molecule has 1 aliphatic heterocycles. The number of carbonyl (C=O) groups is 1. The number of nitrogens with one attached hydrogen (secondary N) is 1. The molecule has 102 valence electrons. The Kier molecular flexibility index (Phi) is 2.80. The highest BCUT2D eigenvalue weighted by Crippen LogP contribution is 2.46. The van der Waals surface area contributed by atoms with E-state index in [4.69, 9.17) is 0 Å². The molecular formula is C16H22N2O. The number of rotatable bonds is 1. The van der Waals surface area contributed by atoms with Crippen LogP contribution in [0.2, 0.25) is 0 Å². The minimum absolute atomic E-state index is 0.191. The van der Waals surface area contributed by atoms with Gasteiger partial charge in [-0.15, -0.1) is 0 Å². The topological polar surface area (TPSA) is 32.3 Å². The van der Waals surface area contributed by atoms with Crippen LogP contribution in [-0.2, 0) is 4.79 Å². The van der Waals surface area contributed by atoms with E-state index in [1.165, 1.54) is 11.3 Å². The van der Waals surface area contributed by atoms with Crippen LogP contribution in [0.25, 0.3) is 0 Å². The Morgan fingerprint density at radius 1 is 1.26 bits per heavy atom. The molecule has 19 heavy (non-hydrogen) atoms. The maximum atomic E-state index is 12.7. The first-order valence-electron chi connectivity index (χ1n) is 7.26. The van der Waals surface area contributed by atoms with Gasteiger partial charge in [0.25, 0.3) is 0 Å². The molecule has 0 saturated heterocycles. The molecule has 1 aliphatic carbocycles. The quantitative estimate of drug-likeness (QED) is 0.836. The summed E-state index contributed by atoms with van der Waals surface area (Å²) >= 11 is 0. The summed E-state index contributed by atoms with van der Waals surface area (Å²) in [4.78, 5) is 15.0. The molecule has 1 fully saturated rings. The first-order chi connectivity index (χ1) is 9.04. The Hall–Kier alpha value is -1.51. The van der Waals surface area contributed by atoms with Crippen LogP contribution in [0.4, 0.5) is 11.4 Å². The second-order valence-corrected chi connectivity index (χ2v) is 6.18. The first kappa shape index (κ1) is 12.5. The number of fused-ring (bicyclic) bond motifs is 1. The van der Waals surface area contributed by atoms with E-state index in [1.54, 1.807) is 0 Å². The number of benzene rings is 1. The molecule has 0 atom stereocenters. The van der Waals surface area contributed by atoms with Gasteiger partial charge in [0, 0.05) is 6.04 Å². The predicted octanol–water partition coefficient (Wildman–Crippen LogP) is 3.47. The van der Waals surface area contributed by atoms with Crippen LogP contribution < -0.4 is 10.2 Å². The van der Waals surface area contributed by atoms with E-state index in [0.29, 0.717) is 6.04 Å². The molecule has 3 heteroatoms. The molecule has 0 aromatic heterocycles. The van der Waals surface area contributed by atoms with Crippen molar-refractivity contribution in [2.45, 2.75) is 58.0 Å². The minimum atomic E-state index is -0.309. The lowest BCUT2D eigenvalue weighted by Crippen LogP contribution is -2.60. The Morgan fingerprint density at radius 2 is 1.95 bits per heavy atom. The fraction of sp³-hybridized carbons (Fsp3) is 0.562. The van der Waals surface area contributed by atoms with Gasteiger partial charge in [-0.1, -0.05) is 18.9 Å². The van der Waals surface area contributed by atoms with Crippen molar-refractivity contribution in [2.24, 2.45) is 0 Å². The third kappa shape index (κ3) is 1.75. The van der Waals surface area contributed by atoms with Crippen molar-refractivity contribution in [1.29, 1.82) is 0 Å². The Morgan fingerprint density at radius 3 is 2.58 bits per heavy atom. The van der Waals surface area contributed by atoms with E-state index in [9.17, 15) is 4.79 Å². The van der Waals surface area contributed by atoms with Gasteiger partial charge in [-0.25, -0.2) is 0 Å². The second kappa shape index (κ2) is 4.26. The fourth-order valence-electron chi connectivity index (χ4n) is 3.74. The second-order valence-electron chi connectivity index (χ2n) is 6.18. The average molecular weight is 258 g/mol. The smallest absolute Gasteiger partial charge is 0.250 e. The van der Waals surface area contributed by atoms with E-state index in [1.807, 2.05) is 0 Å². The van der Waals surface area contributed by atoms with Crippen LogP contribution in [0.1, 0.15) is 45.1 Å². The van der Waals surface area contributed by atoms with Gasteiger partial charge in [0.1, 0.15) is 5.54 Å². The molecule has 1 saturated carbocycles. The van der Waals surface area contributed by atoms with Gasteiger partial charge in [0.05, 0.1) is 11.4 Å². The molecule has 0 radical (unpaired) electrons. The Bertz CT molecular complexity index is 515. The number of hydrogen-bond acceptors (Lipinski definition) is 2. The molecule has 1 N–H and O–H groups in total. The van der Waals surface area contributed by atoms with E-state index in [2.05, 4.69) is 49.2 Å². The summed E-state index contributed by atoms with van der Waals surface area (Å²) in [5, 5.41) is 3.14. The van der Waals surface area contributed by atoms with E-state index in [-0.39, 0.29) is 11.4 Å². The number of nitrogens with zero attached hydrogens (tertiary/aromatic N) is 1. The molecule has 1 aromatic rings. The molecule has 2 aliphatic rings. The molecule has 3 nitrogen and oxygen atoms in total. The lowest BCUT2D eigenvalue weighted by Gasteiger charge is -2.48. The zero-order valence-corrected chi connectivity index (χ0v) is 12.0. The fourth-order valence-corrected chi connectivity index (χ4v) is 3.74. The van der Waals surface area contributed by atoms with Crippen LogP contribution >= 0.6 is 0 Å². The van der Waals surface area contributed by atoms with Gasteiger partial charge >= 0.3 is 0 Å². The van der Waals surface area contributed by atoms with Gasteiger partial charge in [0.2, 0.25) is 5.91 Å². The standard InChI is InChI=1S/C16H22N2O/c1-11(2)18-14-7-6-12(3)10-13(14)17-15(19)16(18)8-4-5-9-16/h6-7,10-11H,4-5,8-9H2,1-3H3,(H,17,19). The summed E-state index contributed by atoms with van der Waals surface area (Å²) in [6, 6.07) is 6.70. The van der Waals surface area contributed by atoms with Gasteiger partial charge in [-0.2, -0.15) is 0 Å². The monoisotopic (exact) mass is 258 g/mol. The van der Waals surface area contributed by atoms with Crippen molar-refractivity contribution >= 4 is 17.3 Å². The van der Waals surface area contributed by atoms with Crippen molar-refractivity contribution in [3.63, 3.8) is 0 Å². The summed E-state index contributed by atoms with van der Waals surface area (Å²) in [5.74, 6) is 0.191. The van der Waals surface area contributed by atoms with Crippen LogP contribution in [0.3, 0.4) is 0 Å². The summed E-state index contributed by atoms with van der Waals surface area (Å²) in [5.41, 5.74) is 3.03. The minimum Gasteiger partial charge on any atom is -0.353 e. The zero-order valence-electron chi connectivity index (χ0n) is 12.0. The van der Waals surface area contributed by atoms with E-state index >= 15 is 0 Å². The lowest BCUT2D eigenvalue weighted by atomic mass is 9.88. The van der Waals surface area contributed by atoms with Gasteiger partial charge in [-0.3, -0.25) is 4.79 Å². The molecule has 1 spiro atoms. The van der Waals surface area contributed by atoms with Crippen molar-refractivity contribution < 1.29 is 4.79 Å².